The monoisotopic (exact) mass is 202 g/mol. The van der Waals surface area contributed by atoms with Gasteiger partial charge in [-0.25, -0.2) is 0 Å². The zero-order chi connectivity index (χ0) is 10.4. The summed E-state index contributed by atoms with van der Waals surface area (Å²) in [5.41, 5.74) is 6.09. The van der Waals surface area contributed by atoms with Crippen molar-refractivity contribution >= 4 is 5.57 Å². The summed E-state index contributed by atoms with van der Waals surface area (Å²) < 4.78 is 2.44. The van der Waals surface area contributed by atoms with Gasteiger partial charge in [-0.05, 0) is 36.0 Å². The first-order valence-corrected chi connectivity index (χ1v) is 5.87. The van der Waals surface area contributed by atoms with Gasteiger partial charge in [0.1, 0.15) is 0 Å². The van der Waals surface area contributed by atoms with Crippen molar-refractivity contribution < 1.29 is 0 Å². The topological polar surface area (TPSA) is 17.0 Å². The van der Waals surface area contributed by atoms with Crippen LogP contribution in [0.2, 0.25) is 0 Å². The van der Waals surface area contributed by atoms with Crippen LogP contribution in [0, 0.1) is 6.92 Å². The molecule has 0 spiro atoms. The number of hydrogen-bond acceptors (Lipinski definition) is 1. The molecule has 1 aliphatic carbocycles. The molecule has 2 nitrogen and oxygen atoms in total. The van der Waals surface area contributed by atoms with Crippen molar-refractivity contribution in [3.63, 3.8) is 0 Å². The molecule has 15 heavy (non-hydrogen) atoms. The average Bonchev–Trinajstić information content (AvgIpc) is 2.43. The minimum atomic E-state index is 0.697. The minimum Gasteiger partial charge on any atom is -0.346 e. The Kier molecular flexibility index (Phi) is 1.99. The second kappa shape index (κ2) is 3.24. The van der Waals surface area contributed by atoms with E-state index in [9.17, 15) is 0 Å². The molecule has 0 aromatic carbocycles. The van der Waals surface area contributed by atoms with E-state index < -0.39 is 0 Å². The lowest BCUT2D eigenvalue weighted by Crippen LogP contribution is -2.17. The van der Waals surface area contributed by atoms with Crippen LogP contribution in [-0.4, -0.2) is 17.7 Å². The van der Waals surface area contributed by atoms with Crippen molar-refractivity contribution in [2.45, 2.75) is 32.7 Å². The van der Waals surface area contributed by atoms with Crippen molar-refractivity contribution in [3.05, 3.63) is 29.1 Å². The van der Waals surface area contributed by atoms with Gasteiger partial charge in [0.15, 0.2) is 0 Å². The van der Waals surface area contributed by atoms with E-state index in [1.54, 1.807) is 5.56 Å². The lowest BCUT2D eigenvalue weighted by molar-refractivity contribution is 0.648. The van der Waals surface area contributed by atoms with E-state index >= 15 is 0 Å². The third kappa shape index (κ3) is 1.28. The van der Waals surface area contributed by atoms with Crippen LogP contribution in [-0.2, 0) is 6.54 Å². The van der Waals surface area contributed by atoms with Crippen LogP contribution >= 0.6 is 0 Å². The van der Waals surface area contributed by atoms with Gasteiger partial charge in [-0.2, -0.15) is 0 Å². The van der Waals surface area contributed by atoms with E-state index in [-0.39, 0.29) is 0 Å². The molecule has 80 valence electrons. The number of rotatable bonds is 0. The molecule has 1 N–H and O–H groups in total. The Hall–Kier alpha value is -1.02. The first kappa shape index (κ1) is 9.22. The molecule has 0 saturated carbocycles. The van der Waals surface area contributed by atoms with E-state index in [0.29, 0.717) is 5.92 Å². The van der Waals surface area contributed by atoms with Gasteiger partial charge in [0.2, 0.25) is 0 Å². The summed E-state index contributed by atoms with van der Waals surface area (Å²) in [6.45, 7) is 7.84. The Morgan fingerprint density at radius 1 is 1.47 bits per heavy atom. The third-order valence-corrected chi connectivity index (χ3v) is 3.68. The van der Waals surface area contributed by atoms with Crippen LogP contribution in [0.1, 0.15) is 36.1 Å². The normalized spacial score (nSPS) is 24.4. The summed E-state index contributed by atoms with van der Waals surface area (Å²) in [5, 5.41) is 3.49. The summed E-state index contributed by atoms with van der Waals surface area (Å²) in [6.07, 6.45) is 5.95. The van der Waals surface area contributed by atoms with Crippen molar-refractivity contribution in [2.24, 2.45) is 0 Å². The fraction of sp³-hybridized carbons (Fsp3) is 0.538. The Balaban J connectivity index is 2.23. The molecule has 2 aliphatic rings. The maximum Gasteiger partial charge on any atom is 0.0487 e. The van der Waals surface area contributed by atoms with E-state index in [2.05, 4.69) is 36.0 Å². The molecule has 2 heterocycles. The van der Waals surface area contributed by atoms with Crippen molar-refractivity contribution in [1.82, 2.24) is 9.88 Å². The summed E-state index contributed by atoms with van der Waals surface area (Å²) in [5.74, 6) is 0.697. The second-order valence-electron chi connectivity index (χ2n) is 4.81. The SMILES string of the molecule is Cc1cn2c3c1[C@H](C)CC=C3CNCC2. The molecule has 0 saturated heterocycles. The first-order valence-electron chi connectivity index (χ1n) is 5.87. The summed E-state index contributed by atoms with van der Waals surface area (Å²) in [4.78, 5) is 0. The number of aryl methyl sites for hydroxylation is 1. The third-order valence-electron chi connectivity index (χ3n) is 3.68. The quantitative estimate of drug-likeness (QED) is 0.683. The molecule has 2 heteroatoms. The van der Waals surface area contributed by atoms with Crippen molar-refractivity contribution in [3.8, 4) is 0 Å². The van der Waals surface area contributed by atoms with Gasteiger partial charge in [0.25, 0.3) is 0 Å². The van der Waals surface area contributed by atoms with Gasteiger partial charge < -0.3 is 9.88 Å². The highest BCUT2D eigenvalue weighted by atomic mass is 15.0. The number of aromatic nitrogens is 1. The minimum absolute atomic E-state index is 0.697. The smallest absolute Gasteiger partial charge is 0.0487 e. The largest absolute Gasteiger partial charge is 0.346 e. The molecule has 0 radical (unpaired) electrons. The highest BCUT2D eigenvalue weighted by molar-refractivity contribution is 5.71. The summed E-state index contributed by atoms with van der Waals surface area (Å²) >= 11 is 0. The zero-order valence-corrected chi connectivity index (χ0v) is 9.51. The number of allylic oxidation sites excluding steroid dienone is 1. The number of hydrogen-bond donors (Lipinski definition) is 1. The Labute approximate surface area is 91.0 Å². The predicted octanol–water partition coefficient (Wildman–Crippen LogP) is 2.29. The van der Waals surface area contributed by atoms with E-state index in [0.717, 1.165) is 19.6 Å². The summed E-state index contributed by atoms with van der Waals surface area (Å²) in [7, 11) is 0. The Morgan fingerprint density at radius 2 is 2.33 bits per heavy atom. The maximum absolute atomic E-state index is 3.49. The van der Waals surface area contributed by atoms with Crippen LogP contribution in [0.3, 0.4) is 0 Å². The van der Waals surface area contributed by atoms with E-state index in [1.807, 2.05) is 0 Å². The van der Waals surface area contributed by atoms with Crippen LogP contribution in [0.15, 0.2) is 12.3 Å². The van der Waals surface area contributed by atoms with Gasteiger partial charge >= 0.3 is 0 Å². The predicted molar refractivity (Wildman–Crippen MR) is 63.0 cm³/mol. The van der Waals surface area contributed by atoms with Gasteiger partial charge in [-0.1, -0.05) is 13.0 Å². The molecule has 0 amide bonds. The number of nitrogens with zero attached hydrogens (tertiary/aromatic N) is 1. The van der Waals surface area contributed by atoms with Crippen LogP contribution in [0.25, 0.3) is 5.57 Å². The zero-order valence-electron chi connectivity index (χ0n) is 9.51. The molecule has 0 bridgehead atoms. The first-order chi connectivity index (χ1) is 7.27. The van der Waals surface area contributed by atoms with Gasteiger partial charge in [0, 0.05) is 31.5 Å². The molecular weight excluding hydrogens is 184 g/mol. The molecule has 1 aromatic rings. The molecule has 1 aromatic heterocycles. The molecular formula is C13H18N2. The van der Waals surface area contributed by atoms with E-state index in [4.69, 9.17) is 0 Å². The fourth-order valence-electron chi connectivity index (χ4n) is 2.98. The van der Waals surface area contributed by atoms with Crippen LogP contribution in [0.5, 0.6) is 0 Å². The standard InChI is InChI=1S/C13H18N2/c1-9-3-4-11-7-14-5-6-15-8-10(2)12(9)13(11)15/h4,8-9,14H,3,5-7H2,1-2H3/t9-/m1/s1. The molecule has 0 unspecified atom stereocenters. The van der Waals surface area contributed by atoms with Gasteiger partial charge in [-0.15, -0.1) is 0 Å². The van der Waals surface area contributed by atoms with Gasteiger partial charge in [-0.3, -0.25) is 0 Å². The van der Waals surface area contributed by atoms with E-state index in [1.165, 1.54) is 23.3 Å². The lowest BCUT2D eigenvalue weighted by Gasteiger charge is -2.21. The van der Waals surface area contributed by atoms with Crippen LogP contribution < -0.4 is 5.32 Å². The number of nitrogens with one attached hydrogen (secondary N) is 1. The summed E-state index contributed by atoms with van der Waals surface area (Å²) in [6, 6.07) is 0. The van der Waals surface area contributed by atoms with Crippen LogP contribution in [0.4, 0.5) is 0 Å². The molecule has 3 rings (SSSR count). The highest BCUT2D eigenvalue weighted by Crippen LogP contribution is 2.37. The second-order valence-corrected chi connectivity index (χ2v) is 4.81. The Morgan fingerprint density at radius 3 is 3.20 bits per heavy atom. The molecule has 0 fully saturated rings. The molecule has 1 atom stereocenters. The Bertz CT molecular complexity index is 426. The lowest BCUT2D eigenvalue weighted by atomic mass is 9.86. The maximum atomic E-state index is 3.49. The van der Waals surface area contributed by atoms with Crippen molar-refractivity contribution in [2.75, 3.05) is 13.1 Å². The highest BCUT2D eigenvalue weighted by Gasteiger charge is 2.25. The molecule has 1 aliphatic heterocycles. The average molecular weight is 202 g/mol. The van der Waals surface area contributed by atoms with Gasteiger partial charge in [0.05, 0.1) is 0 Å². The fourth-order valence-corrected chi connectivity index (χ4v) is 2.98. The van der Waals surface area contributed by atoms with Crippen molar-refractivity contribution in [1.29, 1.82) is 0 Å².